The van der Waals surface area contributed by atoms with Crippen LogP contribution in [0.15, 0.2) is 174 Å². The van der Waals surface area contributed by atoms with Crippen molar-refractivity contribution >= 4 is 97.1 Å². The van der Waals surface area contributed by atoms with Crippen LogP contribution in [0, 0.1) is 0 Å². The van der Waals surface area contributed by atoms with Gasteiger partial charge in [0, 0.05) is 63.7 Å². The van der Waals surface area contributed by atoms with Crippen LogP contribution in [0.2, 0.25) is 0 Å². The summed E-state index contributed by atoms with van der Waals surface area (Å²) < 4.78 is 13.9. The predicted octanol–water partition coefficient (Wildman–Crippen LogP) is 13.8. The molecule has 52 heavy (non-hydrogen) atoms. The van der Waals surface area contributed by atoms with Crippen LogP contribution in [0.4, 0.5) is 0 Å². The molecule has 3 nitrogen and oxygen atoms in total. The third kappa shape index (κ3) is 3.69. The molecular weight excluding hydrogens is 653 g/mol. The number of nitrogens with zero attached hydrogens (tertiary/aromatic N) is 2. The van der Waals surface area contributed by atoms with E-state index in [1.807, 2.05) is 17.4 Å². The zero-order chi connectivity index (χ0) is 33.9. The summed E-state index contributed by atoms with van der Waals surface area (Å²) in [6.45, 7) is 0. The number of rotatable bonds is 3. The third-order valence-electron chi connectivity index (χ3n) is 10.9. The second-order valence-electron chi connectivity index (χ2n) is 13.6. The highest BCUT2D eigenvalue weighted by molar-refractivity contribution is 7.26. The third-order valence-corrected chi connectivity index (χ3v) is 12.1. The van der Waals surface area contributed by atoms with E-state index in [1.165, 1.54) is 86.0 Å². The molecule has 0 unspecified atom stereocenters. The zero-order valence-corrected chi connectivity index (χ0v) is 28.7. The molecule has 0 radical (unpaired) electrons. The van der Waals surface area contributed by atoms with E-state index in [4.69, 9.17) is 4.42 Å². The SMILES string of the molecule is c1ccc(-n2c3ccccc3c3ccc4c5ccccc5n(-c5cccc6sc7c(-c8cccc9oc%10ccccc%10c89)cccc7c56)c4c32)cc1. The van der Waals surface area contributed by atoms with E-state index < -0.39 is 0 Å². The van der Waals surface area contributed by atoms with Crippen molar-refractivity contribution in [2.24, 2.45) is 0 Å². The van der Waals surface area contributed by atoms with Crippen molar-refractivity contribution in [3.8, 4) is 22.5 Å². The number of hydrogen-bond donors (Lipinski definition) is 0. The van der Waals surface area contributed by atoms with Gasteiger partial charge in [0.25, 0.3) is 0 Å². The smallest absolute Gasteiger partial charge is 0.136 e. The van der Waals surface area contributed by atoms with Crippen LogP contribution in [0.25, 0.3) is 108 Å². The molecule has 0 atom stereocenters. The quantitative estimate of drug-likeness (QED) is 0.182. The average molecular weight is 681 g/mol. The summed E-state index contributed by atoms with van der Waals surface area (Å²) >= 11 is 1.88. The molecule has 0 amide bonds. The highest BCUT2D eigenvalue weighted by Gasteiger charge is 2.23. The fourth-order valence-corrected chi connectivity index (χ4v) is 10.1. The van der Waals surface area contributed by atoms with E-state index in [2.05, 4.69) is 173 Å². The zero-order valence-electron chi connectivity index (χ0n) is 27.9. The Bertz CT molecular complexity index is 3410. The van der Waals surface area contributed by atoms with Crippen LogP contribution in [0.5, 0.6) is 0 Å². The molecule has 0 spiro atoms. The van der Waals surface area contributed by atoms with Crippen molar-refractivity contribution < 1.29 is 4.42 Å². The van der Waals surface area contributed by atoms with Gasteiger partial charge in [0.15, 0.2) is 0 Å². The van der Waals surface area contributed by atoms with Gasteiger partial charge in [-0.15, -0.1) is 11.3 Å². The lowest BCUT2D eigenvalue weighted by Crippen LogP contribution is -1.99. The molecule has 0 aliphatic heterocycles. The predicted molar refractivity (Wildman–Crippen MR) is 221 cm³/mol. The summed E-state index contributed by atoms with van der Waals surface area (Å²) in [6.07, 6.45) is 0. The van der Waals surface area contributed by atoms with Crippen molar-refractivity contribution in [1.29, 1.82) is 0 Å². The second kappa shape index (κ2) is 10.5. The summed E-state index contributed by atoms with van der Waals surface area (Å²) in [4.78, 5) is 0. The Labute approximate surface area is 301 Å². The standard InChI is InChI=1S/C48H28N2OS/c1-2-13-29(14-3-1)49-38-21-7-4-15-30(38)33-27-28-34-31-16-5-8-22-39(31)50(47(34)46(33)49)40-23-12-26-43-45(40)37-20-10-19-35(48(37)52-43)32-18-11-25-42-44(32)36-17-6-9-24-41(36)51-42/h1-28H. The number of para-hydroxylation sites is 4. The minimum absolute atomic E-state index is 0.917. The van der Waals surface area contributed by atoms with Crippen LogP contribution in [-0.4, -0.2) is 9.13 Å². The lowest BCUT2D eigenvalue weighted by atomic mass is 9.97. The summed E-state index contributed by atoms with van der Waals surface area (Å²) in [6, 6.07) is 61.6. The number of benzene rings is 8. The number of aromatic nitrogens is 2. The van der Waals surface area contributed by atoms with Crippen molar-refractivity contribution in [3.05, 3.63) is 170 Å². The van der Waals surface area contributed by atoms with E-state index in [1.54, 1.807) is 0 Å². The van der Waals surface area contributed by atoms with Gasteiger partial charge < -0.3 is 13.6 Å². The van der Waals surface area contributed by atoms with E-state index in [0.717, 1.165) is 22.2 Å². The summed E-state index contributed by atoms with van der Waals surface area (Å²) in [5, 5.41) is 9.86. The first-order valence-corrected chi connectivity index (χ1v) is 18.5. The highest BCUT2D eigenvalue weighted by atomic mass is 32.1. The van der Waals surface area contributed by atoms with Gasteiger partial charge in [-0.1, -0.05) is 121 Å². The second-order valence-corrected chi connectivity index (χ2v) is 14.7. The molecular formula is C48H28N2OS. The number of thiophene rings is 1. The van der Waals surface area contributed by atoms with Crippen LogP contribution in [-0.2, 0) is 0 Å². The Hall–Kier alpha value is -6.62. The van der Waals surface area contributed by atoms with Gasteiger partial charge in [-0.05, 0) is 54.1 Å². The maximum absolute atomic E-state index is 6.33. The van der Waals surface area contributed by atoms with Gasteiger partial charge >= 0.3 is 0 Å². The molecule has 0 N–H and O–H groups in total. The first kappa shape index (κ1) is 28.1. The van der Waals surface area contributed by atoms with Crippen LogP contribution < -0.4 is 0 Å². The van der Waals surface area contributed by atoms with Crippen molar-refractivity contribution in [1.82, 2.24) is 9.13 Å². The highest BCUT2D eigenvalue weighted by Crippen LogP contribution is 2.48. The Morgan fingerprint density at radius 2 is 0.981 bits per heavy atom. The van der Waals surface area contributed by atoms with Crippen LogP contribution in [0.1, 0.15) is 0 Å². The number of hydrogen-bond acceptors (Lipinski definition) is 2. The van der Waals surface area contributed by atoms with Crippen LogP contribution in [0.3, 0.4) is 0 Å². The first-order valence-electron chi connectivity index (χ1n) is 17.7. The Morgan fingerprint density at radius 3 is 1.79 bits per heavy atom. The fourth-order valence-electron chi connectivity index (χ4n) is 8.82. The Morgan fingerprint density at radius 1 is 0.385 bits per heavy atom. The molecule has 0 aliphatic carbocycles. The molecule has 0 fully saturated rings. The van der Waals surface area contributed by atoms with Crippen LogP contribution >= 0.6 is 11.3 Å². The molecule has 0 bridgehead atoms. The molecule has 242 valence electrons. The molecule has 12 rings (SSSR count). The van der Waals surface area contributed by atoms with E-state index in [9.17, 15) is 0 Å². The van der Waals surface area contributed by atoms with Gasteiger partial charge in [0.05, 0.1) is 27.8 Å². The average Bonchev–Trinajstić information content (AvgIpc) is 3.96. The Balaban J connectivity index is 1.23. The van der Waals surface area contributed by atoms with Gasteiger partial charge in [0.2, 0.25) is 0 Å². The normalized spacial score (nSPS) is 12.2. The van der Waals surface area contributed by atoms with Crippen molar-refractivity contribution in [3.63, 3.8) is 0 Å². The first-order chi connectivity index (χ1) is 25.8. The van der Waals surface area contributed by atoms with E-state index in [-0.39, 0.29) is 0 Å². The lowest BCUT2D eigenvalue weighted by Gasteiger charge is -2.14. The van der Waals surface area contributed by atoms with Gasteiger partial charge in [-0.2, -0.15) is 0 Å². The molecule has 12 aromatic rings. The molecule has 4 aromatic heterocycles. The lowest BCUT2D eigenvalue weighted by molar-refractivity contribution is 0.669. The van der Waals surface area contributed by atoms with Crippen molar-refractivity contribution in [2.75, 3.05) is 0 Å². The van der Waals surface area contributed by atoms with Gasteiger partial charge in [-0.3, -0.25) is 0 Å². The maximum atomic E-state index is 6.33. The van der Waals surface area contributed by atoms with Gasteiger partial charge in [-0.25, -0.2) is 0 Å². The largest absolute Gasteiger partial charge is 0.456 e. The molecule has 4 heteroatoms. The summed E-state index contributed by atoms with van der Waals surface area (Å²) in [5.41, 5.74) is 11.5. The molecule has 0 saturated carbocycles. The van der Waals surface area contributed by atoms with Gasteiger partial charge in [0.1, 0.15) is 11.2 Å². The minimum atomic E-state index is 0.917. The minimum Gasteiger partial charge on any atom is -0.456 e. The topological polar surface area (TPSA) is 23.0 Å². The number of furan rings is 1. The molecule has 8 aromatic carbocycles. The molecule has 4 heterocycles. The van der Waals surface area contributed by atoms with E-state index >= 15 is 0 Å². The molecule has 0 saturated heterocycles. The summed E-state index contributed by atoms with van der Waals surface area (Å²) in [7, 11) is 0. The molecule has 0 aliphatic rings. The monoisotopic (exact) mass is 680 g/mol. The maximum Gasteiger partial charge on any atom is 0.136 e. The summed E-state index contributed by atoms with van der Waals surface area (Å²) in [5.74, 6) is 0. The fraction of sp³-hybridized carbons (Fsp3) is 0. The number of fused-ring (bicyclic) bond motifs is 13. The van der Waals surface area contributed by atoms with Crippen molar-refractivity contribution in [2.45, 2.75) is 0 Å². The van der Waals surface area contributed by atoms with E-state index in [0.29, 0.717) is 0 Å². The Kier molecular flexibility index (Phi) is 5.65.